The van der Waals surface area contributed by atoms with E-state index < -0.39 is 47.7 Å². The molecule has 5 rings (SSSR count). The molecular formula is C39H48BrN3O8. The van der Waals surface area contributed by atoms with E-state index in [4.69, 9.17) is 14.2 Å². The maximum absolute atomic E-state index is 14.7. The average Bonchev–Trinajstić information content (AvgIpc) is 3.73. The summed E-state index contributed by atoms with van der Waals surface area (Å²) in [7, 11) is 1.50. The topological polar surface area (TPSA) is 135 Å². The molecule has 2 bridgehead atoms. The number of carbonyl (C=O) groups is 4. The van der Waals surface area contributed by atoms with Crippen LogP contribution in [0.3, 0.4) is 0 Å². The van der Waals surface area contributed by atoms with Crippen LogP contribution in [0.1, 0.15) is 49.3 Å². The van der Waals surface area contributed by atoms with Crippen LogP contribution < -0.4 is 5.32 Å². The second-order valence-electron chi connectivity index (χ2n) is 13.3. The second-order valence-corrected chi connectivity index (χ2v) is 14.5. The molecule has 3 aliphatic rings. The van der Waals surface area contributed by atoms with E-state index in [9.17, 15) is 24.3 Å². The van der Waals surface area contributed by atoms with E-state index in [-0.39, 0.29) is 55.3 Å². The molecule has 12 heteroatoms. The molecule has 3 fully saturated rings. The van der Waals surface area contributed by atoms with Crippen LogP contribution in [0.15, 0.2) is 86.0 Å². The van der Waals surface area contributed by atoms with Gasteiger partial charge in [0.25, 0.3) is 0 Å². The first kappa shape index (κ1) is 38.4. The number of methoxy groups -OCH3 is 1. The third-order valence-corrected chi connectivity index (χ3v) is 10.8. The van der Waals surface area contributed by atoms with Crippen LogP contribution >= 0.6 is 15.9 Å². The summed E-state index contributed by atoms with van der Waals surface area (Å²) in [4.78, 5) is 59.6. The highest BCUT2D eigenvalue weighted by Crippen LogP contribution is 2.60. The van der Waals surface area contributed by atoms with Gasteiger partial charge < -0.3 is 34.4 Å². The number of hydrogen-bond donors (Lipinski definition) is 2. The highest BCUT2D eigenvalue weighted by Gasteiger charge is 2.77. The Morgan fingerprint density at radius 2 is 1.82 bits per heavy atom. The van der Waals surface area contributed by atoms with E-state index in [1.807, 2.05) is 60.7 Å². The van der Waals surface area contributed by atoms with Crippen molar-refractivity contribution in [1.29, 1.82) is 0 Å². The number of amides is 3. The zero-order valence-electron chi connectivity index (χ0n) is 29.0. The zero-order valence-corrected chi connectivity index (χ0v) is 30.6. The predicted octanol–water partition coefficient (Wildman–Crippen LogP) is 4.10. The summed E-state index contributed by atoms with van der Waals surface area (Å²) in [6.07, 6.45) is 3.56. The zero-order chi connectivity index (χ0) is 36.5. The smallest absolute Gasteiger partial charge is 0.313 e. The van der Waals surface area contributed by atoms with Crippen LogP contribution in [0.5, 0.6) is 0 Å². The van der Waals surface area contributed by atoms with Crippen LogP contribution in [0.2, 0.25) is 0 Å². The molecule has 3 aliphatic heterocycles. The highest BCUT2D eigenvalue weighted by molar-refractivity contribution is 9.09. The van der Waals surface area contributed by atoms with Crippen molar-refractivity contribution in [2.75, 3.05) is 33.4 Å². The Bertz CT molecular complexity index is 1540. The number of likely N-dealkylation sites (tertiary alicyclic amines) is 1. The minimum atomic E-state index is -1.29. The third kappa shape index (κ3) is 8.14. The maximum atomic E-state index is 14.7. The fourth-order valence-electron chi connectivity index (χ4n) is 7.80. The number of alkyl halides is 1. The molecule has 8 atom stereocenters. The Morgan fingerprint density at radius 3 is 2.47 bits per heavy atom. The normalized spacial score (nSPS) is 25.9. The van der Waals surface area contributed by atoms with Gasteiger partial charge in [-0.2, -0.15) is 0 Å². The average molecular weight is 767 g/mol. The van der Waals surface area contributed by atoms with Gasteiger partial charge in [-0.3, -0.25) is 19.2 Å². The van der Waals surface area contributed by atoms with Crippen molar-refractivity contribution >= 4 is 39.6 Å². The quantitative estimate of drug-likeness (QED) is 0.0946. The number of nitrogens with one attached hydrogen (secondary N) is 1. The number of hydrogen-bond acceptors (Lipinski definition) is 8. The Labute approximate surface area is 308 Å². The van der Waals surface area contributed by atoms with Crippen LogP contribution in [0, 0.1) is 11.8 Å². The fourth-order valence-corrected chi connectivity index (χ4v) is 8.75. The summed E-state index contributed by atoms with van der Waals surface area (Å²) >= 11 is 3.74. The molecule has 0 radical (unpaired) electrons. The molecule has 274 valence electrons. The number of aliphatic hydroxyl groups excluding tert-OH is 1. The largest absolute Gasteiger partial charge is 0.455 e. The minimum Gasteiger partial charge on any atom is -0.455 e. The number of carbonyl (C=O) groups excluding carboxylic acids is 4. The molecule has 51 heavy (non-hydrogen) atoms. The first-order valence-electron chi connectivity index (χ1n) is 17.5. The number of benzene rings is 2. The number of fused-ring (bicyclic) bond motifs is 1. The van der Waals surface area contributed by atoms with E-state index in [0.29, 0.717) is 37.8 Å². The van der Waals surface area contributed by atoms with Crippen LogP contribution in [0.4, 0.5) is 0 Å². The van der Waals surface area contributed by atoms with Gasteiger partial charge in [-0.1, -0.05) is 88.7 Å². The lowest BCUT2D eigenvalue weighted by atomic mass is 9.70. The van der Waals surface area contributed by atoms with Crippen LogP contribution in [-0.2, 0) is 39.9 Å². The summed E-state index contributed by atoms with van der Waals surface area (Å²) in [6.45, 7) is 8.32. The second kappa shape index (κ2) is 17.6. The van der Waals surface area contributed by atoms with Crippen molar-refractivity contribution in [3.05, 3.63) is 97.1 Å². The van der Waals surface area contributed by atoms with Crippen LogP contribution in [0.25, 0.3) is 0 Å². The Hall–Kier alpha value is -3.84. The molecule has 0 aliphatic carbocycles. The number of ether oxygens (including phenoxy) is 3. The van der Waals surface area contributed by atoms with Crippen molar-refractivity contribution in [2.24, 2.45) is 11.8 Å². The Kier molecular flexibility index (Phi) is 13.2. The molecule has 1 spiro atoms. The lowest BCUT2D eigenvalue weighted by Gasteiger charge is -2.37. The molecule has 3 saturated heterocycles. The SMILES string of the molecule is C=CCCC(=O)N[C@@H](COC)[C@@H](OC(=O)[C@H]1[C@@H]2O[C@@]3(CC2Br)[C@@H]1C(=O)N(CCCCO)[C@@H]3C(=O)N(CC=C)Cc1ccccc1)c1ccccc1. The molecule has 0 saturated carbocycles. The summed E-state index contributed by atoms with van der Waals surface area (Å²) in [5.41, 5.74) is 0.269. The van der Waals surface area contributed by atoms with Crippen molar-refractivity contribution < 1.29 is 38.5 Å². The van der Waals surface area contributed by atoms with Crippen molar-refractivity contribution in [1.82, 2.24) is 15.1 Å². The number of unbranched alkanes of at least 4 members (excludes halogenated alkanes) is 1. The fraction of sp³-hybridized carbons (Fsp3) is 0.487. The number of esters is 1. The summed E-state index contributed by atoms with van der Waals surface area (Å²) < 4.78 is 18.5. The molecular weight excluding hydrogens is 718 g/mol. The van der Waals surface area contributed by atoms with Gasteiger partial charge >= 0.3 is 5.97 Å². The van der Waals surface area contributed by atoms with Crippen molar-refractivity contribution in [3.8, 4) is 0 Å². The summed E-state index contributed by atoms with van der Waals surface area (Å²) in [6, 6.07) is 16.9. The third-order valence-electron chi connectivity index (χ3n) is 9.98. The monoisotopic (exact) mass is 765 g/mol. The summed E-state index contributed by atoms with van der Waals surface area (Å²) in [5.74, 6) is -3.55. The first-order valence-corrected chi connectivity index (χ1v) is 18.4. The first-order chi connectivity index (χ1) is 24.7. The molecule has 1 unspecified atom stereocenters. The van der Waals surface area contributed by atoms with Gasteiger partial charge in [0.2, 0.25) is 17.7 Å². The number of rotatable bonds is 19. The molecule has 3 heterocycles. The van der Waals surface area contributed by atoms with E-state index in [2.05, 4.69) is 34.4 Å². The Morgan fingerprint density at radius 1 is 1.12 bits per heavy atom. The minimum absolute atomic E-state index is 0.0559. The lowest BCUT2D eigenvalue weighted by Crippen LogP contribution is -2.56. The van der Waals surface area contributed by atoms with Gasteiger partial charge in [0.05, 0.1) is 30.6 Å². The maximum Gasteiger partial charge on any atom is 0.313 e. The van der Waals surface area contributed by atoms with E-state index in [1.54, 1.807) is 22.0 Å². The number of allylic oxidation sites excluding steroid dienone is 1. The number of nitrogens with zero attached hydrogens (tertiary/aromatic N) is 2. The predicted molar refractivity (Wildman–Crippen MR) is 194 cm³/mol. The van der Waals surface area contributed by atoms with Crippen molar-refractivity contribution in [2.45, 2.75) is 73.4 Å². The number of aliphatic hydroxyl groups is 1. The van der Waals surface area contributed by atoms with Crippen molar-refractivity contribution in [3.63, 3.8) is 0 Å². The molecule has 11 nitrogen and oxygen atoms in total. The van der Waals surface area contributed by atoms with E-state index in [0.717, 1.165) is 5.56 Å². The van der Waals surface area contributed by atoms with Gasteiger partial charge in [0.1, 0.15) is 17.7 Å². The van der Waals surface area contributed by atoms with Gasteiger partial charge in [0, 0.05) is 44.6 Å². The Balaban J connectivity index is 1.49. The van der Waals surface area contributed by atoms with Gasteiger partial charge in [-0.25, -0.2) is 0 Å². The molecule has 0 aromatic heterocycles. The van der Waals surface area contributed by atoms with Gasteiger partial charge in [-0.15, -0.1) is 13.2 Å². The van der Waals surface area contributed by atoms with Gasteiger partial charge in [0.15, 0.2) is 0 Å². The molecule has 2 aromatic rings. The standard InChI is InChI=1S/C39H48BrN3O8/c1-4-6-19-30(45)41-29(25-49-3)33(27-17-11-8-12-18-27)50-38(48)31-32-36(46)43(21-13-14-22-44)35(39(32)23-28(40)34(31)51-39)37(47)42(20-5-2)24-26-15-9-7-10-16-26/h4-5,7-12,15-18,28-29,31-35,44H,1-2,6,13-14,19-25H2,3H3,(H,41,45)/t28?,29-,31+,32-,33-,34+,35+,39-/m0/s1. The number of halogens is 1. The molecule has 2 N–H and O–H groups in total. The highest BCUT2D eigenvalue weighted by atomic mass is 79.9. The van der Waals surface area contributed by atoms with E-state index >= 15 is 0 Å². The van der Waals surface area contributed by atoms with Gasteiger partial charge in [-0.05, 0) is 36.8 Å². The van der Waals surface area contributed by atoms with Crippen LogP contribution in [-0.4, -0.2) is 101 Å². The molecule has 2 aromatic carbocycles. The van der Waals surface area contributed by atoms with E-state index in [1.165, 1.54) is 7.11 Å². The lowest BCUT2D eigenvalue weighted by molar-refractivity contribution is -0.163. The summed E-state index contributed by atoms with van der Waals surface area (Å²) in [5, 5.41) is 12.5. The molecule has 3 amide bonds.